The molecule has 1 aliphatic carbocycles. The van der Waals surface area contributed by atoms with Gasteiger partial charge in [-0.1, -0.05) is 31.2 Å². The van der Waals surface area contributed by atoms with Crippen LogP contribution in [-0.4, -0.2) is 6.29 Å². The lowest BCUT2D eigenvalue weighted by Crippen LogP contribution is -2.07. The fraction of sp³-hybridized carbons (Fsp3) is 0.417. The molecule has 0 aliphatic heterocycles. The number of hydrogen-bond donors (Lipinski definition) is 0. The lowest BCUT2D eigenvalue weighted by atomic mass is 9.90. The van der Waals surface area contributed by atoms with E-state index in [1.54, 1.807) is 0 Å². The van der Waals surface area contributed by atoms with E-state index in [0.29, 0.717) is 5.92 Å². The Bertz CT molecular complexity index is 317. The van der Waals surface area contributed by atoms with Crippen molar-refractivity contribution in [1.29, 1.82) is 0 Å². The summed E-state index contributed by atoms with van der Waals surface area (Å²) in [6.07, 6.45) is 4.32. The third kappa shape index (κ3) is 1.39. The van der Waals surface area contributed by atoms with E-state index >= 15 is 0 Å². The monoisotopic (exact) mass is 173 g/mol. The zero-order valence-corrected chi connectivity index (χ0v) is 7.79. The number of hydrogen-bond acceptors (Lipinski definition) is 1. The van der Waals surface area contributed by atoms with Crippen molar-refractivity contribution in [2.45, 2.75) is 25.7 Å². The van der Waals surface area contributed by atoms with E-state index in [1.165, 1.54) is 11.1 Å². The Hall–Kier alpha value is -1.11. The van der Waals surface area contributed by atoms with Crippen molar-refractivity contribution in [3.05, 3.63) is 35.4 Å². The molecule has 0 heterocycles. The minimum atomic E-state index is 0.0450. The van der Waals surface area contributed by atoms with E-state index in [-0.39, 0.29) is 5.92 Å². The molecule has 1 heteroatoms. The topological polar surface area (TPSA) is 17.1 Å². The summed E-state index contributed by atoms with van der Waals surface area (Å²) < 4.78 is 0. The van der Waals surface area contributed by atoms with Crippen LogP contribution in [0.5, 0.6) is 0 Å². The second-order valence-electron chi connectivity index (χ2n) is 3.75. The summed E-state index contributed by atoms with van der Waals surface area (Å²) in [5.41, 5.74) is 2.77. The first-order valence-electron chi connectivity index (χ1n) is 4.78. The van der Waals surface area contributed by atoms with Gasteiger partial charge in [0.05, 0.1) is 0 Å². The Balaban J connectivity index is 2.33. The number of fused-ring (bicyclic) bond motifs is 1. The summed E-state index contributed by atoms with van der Waals surface area (Å²) in [7, 11) is 0. The molecule has 1 aliphatic rings. The molecule has 1 aromatic carbocycles. The van der Waals surface area contributed by atoms with Gasteiger partial charge in [0.1, 0.15) is 0 Å². The van der Waals surface area contributed by atoms with E-state index in [4.69, 9.17) is 0 Å². The summed E-state index contributed by atoms with van der Waals surface area (Å²) in [4.78, 5) is 10.6. The van der Waals surface area contributed by atoms with Crippen LogP contribution in [0.1, 0.15) is 30.4 Å². The van der Waals surface area contributed by atoms with Crippen molar-refractivity contribution in [3.63, 3.8) is 0 Å². The molecule has 2 rings (SSSR count). The second-order valence-corrected chi connectivity index (χ2v) is 3.75. The van der Waals surface area contributed by atoms with Crippen LogP contribution < -0.4 is 0 Å². The number of aryl methyl sites for hydroxylation is 1. The average molecular weight is 173 g/mol. The molecule has 2 atom stereocenters. The molecule has 0 spiro atoms. The van der Waals surface area contributed by atoms with Crippen LogP contribution in [0.3, 0.4) is 0 Å². The lowest BCUT2D eigenvalue weighted by Gasteiger charge is -2.13. The zero-order chi connectivity index (χ0) is 9.26. The maximum atomic E-state index is 10.6. The van der Waals surface area contributed by atoms with E-state index in [9.17, 15) is 4.79 Å². The fourth-order valence-corrected chi connectivity index (χ4v) is 2.19. The highest BCUT2D eigenvalue weighted by Crippen LogP contribution is 2.37. The first-order valence-corrected chi connectivity index (χ1v) is 4.78. The molecule has 0 saturated heterocycles. The molecule has 67 valence electrons. The fourth-order valence-electron chi connectivity index (χ4n) is 2.19. The molecule has 2 unspecified atom stereocenters. The Kier molecular flexibility index (Phi) is 2.17. The van der Waals surface area contributed by atoms with Crippen LogP contribution in [0.2, 0.25) is 0 Å². The smallest absolute Gasteiger partial charge is 0.202 e. The highest BCUT2D eigenvalue weighted by molar-refractivity contribution is 5.57. The number of carbonyl (C=O) groups excluding carboxylic acids is 1. The molecule has 0 N–H and O–H groups in total. The van der Waals surface area contributed by atoms with Gasteiger partial charge >= 0.3 is 0 Å². The Labute approximate surface area is 78.8 Å². The molecule has 0 amide bonds. The molecule has 1 radical (unpaired) electrons. The Morgan fingerprint density at radius 1 is 1.46 bits per heavy atom. The second kappa shape index (κ2) is 3.33. The van der Waals surface area contributed by atoms with Gasteiger partial charge in [-0.05, 0) is 29.9 Å². The van der Waals surface area contributed by atoms with Gasteiger partial charge in [0.15, 0.2) is 0 Å². The third-order valence-corrected chi connectivity index (χ3v) is 2.97. The SMILES string of the molecule is CC([C]=O)C1CCc2ccccc21. The highest BCUT2D eigenvalue weighted by atomic mass is 16.1. The van der Waals surface area contributed by atoms with Gasteiger partial charge in [0.2, 0.25) is 6.29 Å². The van der Waals surface area contributed by atoms with E-state index in [2.05, 4.69) is 30.6 Å². The zero-order valence-electron chi connectivity index (χ0n) is 7.79. The third-order valence-electron chi connectivity index (χ3n) is 2.97. The molecule has 1 nitrogen and oxygen atoms in total. The number of rotatable bonds is 2. The minimum absolute atomic E-state index is 0.0450. The molecule has 1 aromatic rings. The van der Waals surface area contributed by atoms with Gasteiger partial charge in [0, 0.05) is 5.92 Å². The normalized spacial score (nSPS) is 22.4. The predicted octanol–water partition coefficient (Wildman–Crippen LogP) is 2.46. The van der Waals surface area contributed by atoms with E-state index in [0.717, 1.165) is 12.8 Å². The van der Waals surface area contributed by atoms with Crippen LogP contribution in [0.4, 0.5) is 0 Å². The summed E-state index contributed by atoms with van der Waals surface area (Å²) in [6.45, 7) is 1.96. The molecular formula is C12H13O. The van der Waals surface area contributed by atoms with E-state index < -0.39 is 0 Å². The van der Waals surface area contributed by atoms with Gasteiger partial charge < -0.3 is 0 Å². The molecule has 13 heavy (non-hydrogen) atoms. The van der Waals surface area contributed by atoms with Crippen molar-refractivity contribution in [2.75, 3.05) is 0 Å². The average Bonchev–Trinajstić information content (AvgIpc) is 2.60. The first-order chi connectivity index (χ1) is 6.33. The first kappa shape index (κ1) is 8.49. The summed E-state index contributed by atoms with van der Waals surface area (Å²) in [6, 6.07) is 8.42. The Morgan fingerprint density at radius 3 is 3.00 bits per heavy atom. The number of benzene rings is 1. The van der Waals surface area contributed by atoms with Gasteiger partial charge in [-0.3, -0.25) is 4.79 Å². The van der Waals surface area contributed by atoms with Crippen molar-refractivity contribution >= 4 is 6.29 Å². The Morgan fingerprint density at radius 2 is 2.23 bits per heavy atom. The van der Waals surface area contributed by atoms with Crippen LogP contribution in [0, 0.1) is 5.92 Å². The van der Waals surface area contributed by atoms with Crippen molar-refractivity contribution in [1.82, 2.24) is 0 Å². The van der Waals surface area contributed by atoms with Gasteiger partial charge in [-0.15, -0.1) is 0 Å². The van der Waals surface area contributed by atoms with Gasteiger partial charge in [0.25, 0.3) is 0 Å². The van der Waals surface area contributed by atoms with Crippen LogP contribution in [0.15, 0.2) is 24.3 Å². The molecule has 0 bridgehead atoms. The molecule has 0 saturated carbocycles. The van der Waals surface area contributed by atoms with Gasteiger partial charge in [-0.2, -0.15) is 0 Å². The predicted molar refractivity (Wildman–Crippen MR) is 52.4 cm³/mol. The molecule has 0 aromatic heterocycles. The summed E-state index contributed by atoms with van der Waals surface area (Å²) >= 11 is 0. The summed E-state index contributed by atoms with van der Waals surface area (Å²) in [5, 5.41) is 0. The maximum absolute atomic E-state index is 10.6. The van der Waals surface area contributed by atoms with Crippen LogP contribution in [-0.2, 0) is 11.2 Å². The highest BCUT2D eigenvalue weighted by Gasteiger charge is 2.26. The minimum Gasteiger partial charge on any atom is -0.291 e. The van der Waals surface area contributed by atoms with Crippen LogP contribution >= 0.6 is 0 Å². The van der Waals surface area contributed by atoms with Crippen LogP contribution in [0.25, 0.3) is 0 Å². The van der Waals surface area contributed by atoms with Crippen molar-refractivity contribution in [2.24, 2.45) is 5.92 Å². The van der Waals surface area contributed by atoms with Crippen molar-refractivity contribution in [3.8, 4) is 0 Å². The standard InChI is InChI=1S/C12H13O/c1-9(8-13)11-7-6-10-4-2-3-5-12(10)11/h2-5,9,11H,6-7H2,1H3. The molecular weight excluding hydrogens is 160 g/mol. The van der Waals surface area contributed by atoms with Crippen molar-refractivity contribution < 1.29 is 4.79 Å². The lowest BCUT2D eigenvalue weighted by molar-refractivity contribution is 0.491. The quantitative estimate of drug-likeness (QED) is 0.671. The summed E-state index contributed by atoms with van der Waals surface area (Å²) in [5.74, 6) is 0.456. The largest absolute Gasteiger partial charge is 0.291 e. The maximum Gasteiger partial charge on any atom is 0.202 e. The molecule has 0 fully saturated rings. The van der Waals surface area contributed by atoms with Gasteiger partial charge in [-0.25, -0.2) is 0 Å². The van der Waals surface area contributed by atoms with E-state index in [1.807, 2.05) is 6.92 Å².